The van der Waals surface area contributed by atoms with E-state index in [0.29, 0.717) is 0 Å². The van der Waals surface area contributed by atoms with Gasteiger partial charge in [0.15, 0.2) is 0 Å². The standard InChI is InChI=1S/C10H16O2/c1-9-5-8-11-10(12-9)6-3-2-4-7-10/h1-8H2. The molecule has 0 aromatic heterocycles. The molecule has 0 unspecified atom stereocenters. The lowest BCUT2D eigenvalue weighted by molar-refractivity contribution is -0.254. The van der Waals surface area contributed by atoms with Crippen molar-refractivity contribution in [1.82, 2.24) is 0 Å². The number of hydrogen-bond acceptors (Lipinski definition) is 2. The van der Waals surface area contributed by atoms with Crippen LogP contribution in [0.1, 0.15) is 38.5 Å². The molecule has 68 valence electrons. The highest BCUT2D eigenvalue weighted by molar-refractivity contribution is 4.91. The van der Waals surface area contributed by atoms with Gasteiger partial charge in [-0.15, -0.1) is 0 Å². The Kier molecular flexibility index (Phi) is 2.09. The van der Waals surface area contributed by atoms with Gasteiger partial charge in [-0.25, -0.2) is 0 Å². The molecule has 1 saturated heterocycles. The van der Waals surface area contributed by atoms with Crippen LogP contribution in [0.5, 0.6) is 0 Å². The van der Waals surface area contributed by atoms with Crippen LogP contribution < -0.4 is 0 Å². The molecule has 0 aromatic rings. The lowest BCUT2D eigenvalue weighted by Crippen LogP contribution is -2.41. The van der Waals surface area contributed by atoms with Crippen LogP contribution in [0.4, 0.5) is 0 Å². The van der Waals surface area contributed by atoms with Crippen molar-refractivity contribution in [2.75, 3.05) is 6.61 Å². The average Bonchev–Trinajstić information content (AvgIpc) is 2.05. The summed E-state index contributed by atoms with van der Waals surface area (Å²) in [6.07, 6.45) is 6.74. The summed E-state index contributed by atoms with van der Waals surface area (Å²) in [7, 11) is 0. The molecule has 1 aliphatic carbocycles. The smallest absolute Gasteiger partial charge is 0.210 e. The van der Waals surface area contributed by atoms with Gasteiger partial charge < -0.3 is 9.47 Å². The molecule has 1 spiro atoms. The molecule has 0 atom stereocenters. The highest BCUT2D eigenvalue weighted by Gasteiger charge is 2.37. The summed E-state index contributed by atoms with van der Waals surface area (Å²) in [5.41, 5.74) is 0. The third-order valence-electron chi connectivity index (χ3n) is 2.69. The van der Waals surface area contributed by atoms with E-state index in [2.05, 4.69) is 6.58 Å². The first kappa shape index (κ1) is 8.11. The minimum absolute atomic E-state index is 0.270. The predicted octanol–water partition coefficient (Wildman–Crippen LogP) is 2.60. The zero-order valence-electron chi connectivity index (χ0n) is 7.47. The second kappa shape index (κ2) is 3.09. The quantitative estimate of drug-likeness (QED) is 0.553. The molecule has 2 heteroatoms. The Morgan fingerprint density at radius 1 is 1.17 bits per heavy atom. The van der Waals surface area contributed by atoms with Crippen LogP contribution in [0.25, 0.3) is 0 Å². The second-order valence-corrected chi connectivity index (χ2v) is 3.71. The SMILES string of the molecule is C=C1CCOC2(CCCCC2)O1. The molecule has 0 aromatic carbocycles. The Morgan fingerprint density at radius 3 is 2.58 bits per heavy atom. The van der Waals surface area contributed by atoms with Crippen LogP contribution in [0.2, 0.25) is 0 Å². The Bertz CT molecular complexity index is 175. The van der Waals surface area contributed by atoms with Crippen molar-refractivity contribution in [3.05, 3.63) is 12.3 Å². The van der Waals surface area contributed by atoms with Gasteiger partial charge in [0.1, 0.15) is 0 Å². The van der Waals surface area contributed by atoms with E-state index >= 15 is 0 Å². The van der Waals surface area contributed by atoms with Crippen LogP contribution in [0, 0.1) is 0 Å². The van der Waals surface area contributed by atoms with Crippen molar-refractivity contribution in [2.45, 2.75) is 44.3 Å². The monoisotopic (exact) mass is 168 g/mol. The third kappa shape index (κ3) is 1.48. The molecule has 1 saturated carbocycles. The highest BCUT2D eigenvalue weighted by Crippen LogP contribution is 2.37. The van der Waals surface area contributed by atoms with E-state index in [1.165, 1.54) is 19.3 Å². The van der Waals surface area contributed by atoms with E-state index in [1.807, 2.05) is 0 Å². The van der Waals surface area contributed by atoms with Gasteiger partial charge in [0, 0.05) is 19.3 Å². The summed E-state index contributed by atoms with van der Waals surface area (Å²) in [5.74, 6) is 0.635. The highest BCUT2D eigenvalue weighted by atomic mass is 16.7. The van der Waals surface area contributed by atoms with E-state index < -0.39 is 0 Å². The van der Waals surface area contributed by atoms with Crippen molar-refractivity contribution in [3.63, 3.8) is 0 Å². The van der Waals surface area contributed by atoms with Gasteiger partial charge >= 0.3 is 0 Å². The molecule has 0 bridgehead atoms. The first-order valence-electron chi connectivity index (χ1n) is 4.82. The fraction of sp³-hybridized carbons (Fsp3) is 0.800. The van der Waals surface area contributed by atoms with E-state index in [9.17, 15) is 0 Å². The van der Waals surface area contributed by atoms with Crippen LogP contribution in [0.3, 0.4) is 0 Å². The van der Waals surface area contributed by atoms with Gasteiger partial charge in [0.2, 0.25) is 5.79 Å². The van der Waals surface area contributed by atoms with E-state index in [4.69, 9.17) is 9.47 Å². The summed E-state index contributed by atoms with van der Waals surface area (Å²) < 4.78 is 11.4. The van der Waals surface area contributed by atoms with Gasteiger partial charge in [-0.05, 0) is 12.8 Å². The number of ether oxygens (including phenoxy) is 2. The maximum Gasteiger partial charge on any atom is 0.210 e. The number of rotatable bonds is 0. The van der Waals surface area contributed by atoms with Crippen molar-refractivity contribution in [2.24, 2.45) is 0 Å². The zero-order valence-corrected chi connectivity index (χ0v) is 7.47. The Labute approximate surface area is 73.5 Å². The van der Waals surface area contributed by atoms with Crippen molar-refractivity contribution in [1.29, 1.82) is 0 Å². The minimum Gasteiger partial charge on any atom is -0.467 e. The normalized spacial score (nSPS) is 28.5. The molecule has 0 radical (unpaired) electrons. The minimum atomic E-state index is -0.270. The van der Waals surface area contributed by atoms with Crippen molar-refractivity contribution >= 4 is 0 Å². The molecule has 0 amide bonds. The summed E-state index contributed by atoms with van der Waals surface area (Å²) >= 11 is 0. The summed E-state index contributed by atoms with van der Waals surface area (Å²) in [6.45, 7) is 4.65. The average molecular weight is 168 g/mol. The fourth-order valence-corrected chi connectivity index (χ4v) is 2.03. The molecule has 2 nitrogen and oxygen atoms in total. The molecule has 2 rings (SSSR count). The summed E-state index contributed by atoms with van der Waals surface area (Å²) in [6, 6.07) is 0. The lowest BCUT2D eigenvalue weighted by Gasteiger charge is -2.40. The Morgan fingerprint density at radius 2 is 1.92 bits per heavy atom. The molecule has 2 aliphatic rings. The first-order chi connectivity index (χ1) is 5.81. The second-order valence-electron chi connectivity index (χ2n) is 3.71. The maximum absolute atomic E-state index is 5.70. The number of hydrogen-bond donors (Lipinski definition) is 0. The van der Waals surface area contributed by atoms with Gasteiger partial charge in [0.25, 0.3) is 0 Å². The molecular weight excluding hydrogens is 152 g/mol. The summed E-state index contributed by atoms with van der Waals surface area (Å²) in [4.78, 5) is 0. The van der Waals surface area contributed by atoms with Gasteiger partial charge in [0.05, 0.1) is 12.4 Å². The van der Waals surface area contributed by atoms with E-state index in [0.717, 1.165) is 31.6 Å². The van der Waals surface area contributed by atoms with Crippen molar-refractivity contribution < 1.29 is 9.47 Å². The predicted molar refractivity (Wildman–Crippen MR) is 46.6 cm³/mol. The maximum atomic E-state index is 5.70. The molecule has 1 heterocycles. The summed E-state index contributed by atoms with van der Waals surface area (Å²) in [5, 5.41) is 0. The first-order valence-corrected chi connectivity index (χ1v) is 4.82. The molecule has 1 aliphatic heterocycles. The van der Waals surface area contributed by atoms with Gasteiger partial charge in [-0.2, -0.15) is 0 Å². The van der Waals surface area contributed by atoms with E-state index in [1.54, 1.807) is 0 Å². The zero-order chi connectivity index (χ0) is 8.44. The Balaban J connectivity index is 2.02. The van der Waals surface area contributed by atoms with Crippen LogP contribution in [0.15, 0.2) is 12.3 Å². The van der Waals surface area contributed by atoms with Gasteiger partial charge in [-0.3, -0.25) is 0 Å². The largest absolute Gasteiger partial charge is 0.467 e. The van der Waals surface area contributed by atoms with Gasteiger partial charge in [-0.1, -0.05) is 13.0 Å². The third-order valence-corrected chi connectivity index (χ3v) is 2.69. The van der Waals surface area contributed by atoms with E-state index in [-0.39, 0.29) is 5.79 Å². The topological polar surface area (TPSA) is 18.5 Å². The molecule has 2 fully saturated rings. The molecule has 12 heavy (non-hydrogen) atoms. The molecular formula is C10H16O2. The Hall–Kier alpha value is -0.500. The molecule has 0 N–H and O–H groups in total. The van der Waals surface area contributed by atoms with Crippen LogP contribution >= 0.6 is 0 Å². The van der Waals surface area contributed by atoms with Crippen LogP contribution in [-0.4, -0.2) is 12.4 Å². The fourth-order valence-electron chi connectivity index (χ4n) is 2.03. The lowest BCUT2D eigenvalue weighted by atomic mass is 9.93. The van der Waals surface area contributed by atoms with Crippen LogP contribution in [-0.2, 0) is 9.47 Å². The van der Waals surface area contributed by atoms with Crippen molar-refractivity contribution in [3.8, 4) is 0 Å².